The molecule has 0 aromatic carbocycles. The predicted octanol–water partition coefficient (Wildman–Crippen LogP) is 1.63. The lowest BCUT2D eigenvalue weighted by atomic mass is 9.92. The molecule has 0 bridgehead atoms. The average molecular weight is 284 g/mol. The monoisotopic (exact) mass is 284 g/mol. The summed E-state index contributed by atoms with van der Waals surface area (Å²) < 4.78 is 5.57. The van der Waals surface area contributed by atoms with Gasteiger partial charge in [-0.3, -0.25) is 0 Å². The van der Waals surface area contributed by atoms with Crippen LogP contribution in [0.25, 0.3) is 0 Å². The minimum Gasteiger partial charge on any atom is -0.394 e. The first kappa shape index (κ1) is 16.2. The van der Waals surface area contributed by atoms with Crippen LogP contribution in [0.2, 0.25) is 0 Å². The summed E-state index contributed by atoms with van der Waals surface area (Å²) in [7, 11) is 2.20. The fourth-order valence-electron chi connectivity index (χ4n) is 3.24. The first-order valence-electron chi connectivity index (χ1n) is 8.19. The molecule has 2 fully saturated rings. The van der Waals surface area contributed by atoms with Gasteiger partial charge in [0, 0.05) is 30.8 Å². The van der Waals surface area contributed by atoms with Gasteiger partial charge in [-0.15, -0.1) is 0 Å². The number of hydrogen-bond acceptors (Lipinski definition) is 4. The Bertz CT molecular complexity index is 290. The maximum atomic E-state index is 9.71. The summed E-state index contributed by atoms with van der Waals surface area (Å²) in [5, 5.41) is 13.3. The molecule has 1 saturated carbocycles. The van der Waals surface area contributed by atoms with Gasteiger partial charge >= 0.3 is 0 Å². The lowest BCUT2D eigenvalue weighted by Gasteiger charge is -2.37. The molecule has 118 valence electrons. The summed E-state index contributed by atoms with van der Waals surface area (Å²) in [4.78, 5) is 2.43. The molecule has 0 radical (unpaired) electrons. The van der Waals surface area contributed by atoms with E-state index in [2.05, 4.69) is 31.1 Å². The maximum absolute atomic E-state index is 9.71. The van der Waals surface area contributed by atoms with Crippen LogP contribution in [0.3, 0.4) is 0 Å². The zero-order valence-corrected chi connectivity index (χ0v) is 13.4. The maximum Gasteiger partial charge on any atom is 0.0611 e. The van der Waals surface area contributed by atoms with Gasteiger partial charge in [-0.05, 0) is 58.9 Å². The minimum atomic E-state index is -0.141. The van der Waals surface area contributed by atoms with E-state index in [-0.39, 0.29) is 12.1 Å². The topological polar surface area (TPSA) is 44.7 Å². The third kappa shape index (κ3) is 4.99. The number of aliphatic hydroxyl groups excluding tert-OH is 1. The molecular weight excluding hydrogens is 252 g/mol. The van der Waals surface area contributed by atoms with Gasteiger partial charge in [-0.2, -0.15) is 0 Å². The summed E-state index contributed by atoms with van der Waals surface area (Å²) in [6.07, 6.45) is 6.00. The third-order valence-corrected chi connectivity index (χ3v) is 4.78. The Morgan fingerprint density at radius 1 is 1.40 bits per heavy atom. The molecule has 20 heavy (non-hydrogen) atoms. The zero-order chi connectivity index (χ0) is 14.6. The number of nitrogens with zero attached hydrogens (tertiary/aromatic N) is 1. The van der Waals surface area contributed by atoms with Crippen LogP contribution in [-0.2, 0) is 4.74 Å². The van der Waals surface area contributed by atoms with Gasteiger partial charge in [-0.1, -0.05) is 0 Å². The van der Waals surface area contributed by atoms with E-state index in [0.29, 0.717) is 18.0 Å². The van der Waals surface area contributed by atoms with E-state index in [1.54, 1.807) is 0 Å². The Labute approximate surface area is 123 Å². The Hall–Kier alpha value is -0.160. The molecule has 0 aromatic rings. The van der Waals surface area contributed by atoms with E-state index >= 15 is 0 Å². The van der Waals surface area contributed by atoms with E-state index in [1.165, 1.54) is 25.7 Å². The molecule has 1 aliphatic heterocycles. The van der Waals surface area contributed by atoms with Crippen molar-refractivity contribution in [3.05, 3.63) is 0 Å². The summed E-state index contributed by atoms with van der Waals surface area (Å²) in [6.45, 7) is 7.59. The molecule has 1 aliphatic carbocycles. The van der Waals surface area contributed by atoms with E-state index in [9.17, 15) is 5.11 Å². The van der Waals surface area contributed by atoms with E-state index in [0.717, 1.165) is 26.2 Å². The van der Waals surface area contributed by atoms with Crippen molar-refractivity contribution in [1.29, 1.82) is 0 Å². The van der Waals surface area contributed by atoms with Crippen molar-refractivity contribution in [3.63, 3.8) is 0 Å². The van der Waals surface area contributed by atoms with Crippen molar-refractivity contribution >= 4 is 0 Å². The Morgan fingerprint density at radius 2 is 2.15 bits per heavy atom. The highest BCUT2D eigenvalue weighted by Crippen LogP contribution is 2.26. The summed E-state index contributed by atoms with van der Waals surface area (Å²) >= 11 is 0. The fourth-order valence-corrected chi connectivity index (χ4v) is 3.24. The van der Waals surface area contributed by atoms with Crippen molar-refractivity contribution in [2.45, 2.75) is 63.6 Å². The number of hydrogen-bond donors (Lipinski definition) is 2. The molecular formula is C16H32N2O2. The quantitative estimate of drug-likeness (QED) is 0.711. The van der Waals surface area contributed by atoms with Crippen LogP contribution in [0.4, 0.5) is 0 Å². The van der Waals surface area contributed by atoms with Gasteiger partial charge in [0.15, 0.2) is 0 Å². The molecule has 2 rings (SSSR count). The van der Waals surface area contributed by atoms with Crippen molar-refractivity contribution < 1.29 is 9.84 Å². The minimum absolute atomic E-state index is 0.141. The molecule has 0 spiro atoms. The second kappa shape index (κ2) is 7.21. The molecule has 1 saturated heterocycles. The number of rotatable bonds is 8. The van der Waals surface area contributed by atoms with Crippen LogP contribution in [0, 0.1) is 5.92 Å². The molecule has 2 aliphatic rings. The van der Waals surface area contributed by atoms with Crippen LogP contribution in [0.1, 0.15) is 46.0 Å². The van der Waals surface area contributed by atoms with Crippen LogP contribution >= 0.6 is 0 Å². The first-order valence-corrected chi connectivity index (χ1v) is 8.19. The molecule has 2 N–H and O–H groups in total. The molecule has 4 nitrogen and oxygen atoms in total. The van der Waals surface area contributed by atoms with Crippen molar-refractivity contribution in [1.82, 2.24) is 10.2 Å². The Morgan fingerprint density at radius 3 is 2.70 bits per heavy atom. The van der Waals surface area contributed by atoms with Gasteiger partial charge in [-0.25, -0.2) is 0 Å². The molecule has 1 heterocycles. The third-order valence-electron chi connectivity index (χ3n) is 4.78. The lowest BCUT2D eigenvalue weighted by molar-refractivity contribution is 0.0329. The SMILES string of the molecule is CC(CC(C)(CO)NC1CC1)N(C)CC1CCCOC1. The van der Waals surface area contributed by atoms with Crippen molar-refractivity contribution in [3.8, 4) is 0 Å². The van der Waals surface area contributed by atoms with Crippen LogP contribution in [0.15, 0.2) is 0 Å². The van der Waals surface area contributed by atoms with Gasteiger partial charge in [0.1, 0.15) is 0 Å². The molecule has 3 atom stereocenters. The van der Waals surface area contributed by atoms with Gasteiger partial charge in [0.25, 0.3) is 0 Å². The second-order valence-corrected chi connectivity index (χ2v) is 7.21. The zero-order valence-electron chi connectivity index (χ0n) is 13.4. The number of aliphatic hydroxyl groups is 1. The number of nitrogens with one attached hydrogen (secondary N) is 1. The highest BCUT2D eigenvalue weighted by atomic mass is 16.5. The van der Waals surface area contributed by atoms with E-state index in [1.807, 2.05) is 0 Å². The van der Waals surface area contributed by atoms with Crippen LogP contribution in [-0.4, -0.2) is 61.0 Å². The largest absolute Gasteiger partial charge is 0.394 e. The highest BCUT2D eigenvalue weighted by Gasteiger charge is 2.34. The van der Waals surface area contributed by atoms with Crippen molar-refractivity contribution in [2.75, 3.05) is 33.4 Å². The molecule has 3 unspecified atom stereocenters. The van der Waals surface area contributed by atoms with Gasteiger partial charge < -0.3 is 20.1 Å². The van der Waals surface area contributed by atoms with Crippen LogP contribution < -0.4 is 5.32 Å². The summed E-state index contributed by atoms with van der Waals surface area (Å²) in [5.41, 5.74) is -0.141. The molecule has 0 aromatic heterocycles. The Balaban J connectivity index is 1.77. The Kier molecular flexibility index (Phi) is 5.84. The van der Waals surface area contributed by atoms with Gasteiger partial charge in [0.2, 0.25) is 0 Å². The van der Waals surface area contributed by atoms with Crippen molar-refractivity contribution in [2.24, 2.45) is 5.92 Å². The second-order valence-electron chi connectivity index (χ2n) is 7.21. The van der Waals surface area contributed by atoms with E-state index in [4.69, 9.17) is 4.74 Å². The fraction of sp³-hybridized carbons (Fsp3) is 1.00. The predicted molar refractivity (Wildman–Crippen MR) is 81.9 cm³/mol. The van der Waals surface area contributed by atoms with E-state index < -0.39 is 0 Å². The summed E-state index contributed by atoms with van der Waals surface area (Å²) in [5.74, 6) is 0.674. The standard InChI is InChI=1S/C16H32N2O2/c1-13(9-16(2,12-19)17-15-6-7-15)18(3)10-14-5-4-8-20-11-14/h13-15,17,19H,4-12H2,1-3H3. The van der Waals surface area contributed by atoms with Gasteiger partial charge in [0.05, 0.1) is 13.2 Å². The average Bonchev–Trinajstić information content (AvgIpc) is 3.23. The normalized spacial score (nSPS) is 28.4. The number of ether oxygens (including phenoxy) is 1. The summed E-state index contributed by atoms with van der Waals surface area (Å²) in [6, 6.07) is 1.11. The molecule has 0 amide bonds. The smallest absolute Gasteiger partial charge is 0.0611 e. The van der Waals surface area contributed by atoms with Crippen LogP contribution in [0.5, 0.6) is 0 Å². The first-order chi connectivity index (χ1) is 9.52. The molecule has 4 heteroatoms. The lowest BCUT2D eigenvalue weighted by Crippen LogP contribution is -2.51. The highest BCUT2D eigenvalue weighted by molar-refractivity contribution is 4.94.